The summed E-state index contributed by atoms with van der Waals surface area (Å²) in [7, 11) is 0. The Morgan fingerprint density at radius 3 is 2.24 bits per heavy atom. The number of hydrogen-bond donors (Lipinski definition) is 0. The molecule has 0 N–H and O–H groups in total. The highest BCUT2D eigenvalue weighted by Gasteiger charge is 2.31. The molecule has 0 bridgehead atoms. The van der Waals surface area contributed by atoms with Crippen LogP contribution in [0.1, 0.15) is 36.8 Å². The van der Waals surface area contributed by atoms with Crippen LogP contribution < -0.4 is 0 Å². The van der Waals surface area contributed by atoms with E-state index in [2.05, 4.69) is 25.0 Å². The fraction of sp³-hybridized carbons (Fsp3) is 0.222. The molecule has 0 aliphatic heterocycles. The van der Waals surface area contributed by atoms with Gasteiger partial charge in [-0.25, -0.2) is 24.3 Å². The number of hydrogen-bond acceptors (Lipinski definition) is 5. The van der Waals surface area contributed by atoms with Gasteiger partial charge in [-0.3, -0.25) is 4.68 Å². The predicted octanol–water partition coefficient (Wildman–Crippen LogP) is 6.97. The average molecular weight is 507 g/mol. The fourth-order valence-corrected chi connectivity index (χ4v) is 3.92. The standard InChI is InChI=1S/C27H22F4N6/c1-14(2)37-13-19(12-32-37)17-6-5-7-18(10-17)25-35-23(24-26(36-25)34-16(4)15(3)33-24)21-9-8-20(11-22(21)28)27(29,30)31/h5-14H,1-4H3. The van der Waals surface area contributed by atoms with E-state index >= 15 is 4.39 Å². The highest BCUT2D eigenvalue weighted by molar-refractivity contribution is 5.89. The van der Waals surface area contributed by atoms with Gasteiger partial charge in [-0.15, -0.1) is 0 Å². The summed E-state index contributed by atoms with van der Waals surface area (Å²) in [6.45, 7) is 7.57. The topological polar surface area (TPSA) is 69.4 Å². The Morgan fingerprint density at radius 2 is 1.57 bits per heavy atom. The maximum absolute atomic E-state index is 15.0. The van der Waals surface area contributed by atoms with Crippen molar-refractivity contribution in [1.82, 2.24) is 29.7 Å². The van der Waals surface area contributed by atoms with Crippen LogP contribution in [0.5, 0.6) is 0 Å². The van der Waals surface area contributed by atoms with Crippen molar-refractivity contribution >= 4 is 11.2 Å². The Bertz CT molecular complexity index is 1640. The number of rotatable bonds is 4. The van der Waals surface area contributed by atoms with E-state index in [1.54, 1.807) is 26.1 Å². The van der Waals surface area contributed by atoms with E-state index in [1.165, 1.54) is 0 Å². The third-order valence-corrected chi connectivity index (χ3v) is 6.08. The molecule has 0 aliphatic carbocycles. The quantitative estimate of drug-likeness (QED) is 0.246. The normalized spacial score (nSPS) is 12.0. The van der Waals surface area contributed by atoms with Gasteiger partial charge in [0.2, 0.25) is 0 Å². The summed E-state index contributed by atoms with van der Waals surface area (Å²) in [5.41, 5.74) is 2.92. The van der Waals surface area contributed by atoms with Gasteiger partial charge in [-0.1, -0.05) is 18.2 Å². The van der Waals surface area contributed by atoms with Crippen molar-refractivity contribution in [1.29, 1.82) is 0 Å². The second-order valence-electron chi connectivity index (χ2n) is 9.04. The molecule has 0 saturated carbocycles. The molecular weight excluding hydrogens is 484 g/mol. The number of halogens is 4. The van der Waals surface area contributed by atoms with Crippen molar-refractivity contribution < 1.29 is 17.6 Å². The zero-order valence-corrected chi connectivity index (χ0v) is 20.5. The van der Waals surface area contributed by atoms with Crippen LogP contribution in [-0.4, -0.2) is 29.7 Å². The van der Waals surface area contributed by atoms with E-state index in [0.29, 0.717) is 23.0 Å². The molecule has 0 saturated heterocycles. The van der Waals surface area contributed by atoms with Gasteiger partial charge in [0, 0.05) is 28.9 Å². The Hall–Kier alpha value is -4.21. The summed E-state index contributed by atoms with van der Waals surface area (Å²) in [5.74, 6) is -0.812. The molecule has 0 unspecified atom stereocenters. The largest absolute Gasteiger partial charge is 0.416 e. The first-order valence-corrected chi connectivity index (χ1v) is 11.6. The van der Waals surface area contributed by atoms with Gasteiger partial charge >= 0.3 is 6.18 Å². The molecule has 188 valence electrons. The van der Waals surface area contributed by atoms with Gasteiger partial charge in [-0.2, -0.15) is 18.3 Å². The molecule has 3 aromatic heterocycles. The lowest BCUT2D eigenvalue weighted by Gasteiger charge is -2.12. The van der Waals surface area contributed by atoms with E-state index in [4.69, 9.17) is 0 Å². The van der Waals surface area contributed by atoms with E-state index in [1.807, 2.05) is 42.9 Å². The molecule has 5 rings (SSSR count). The second-order valence-corrected chi connectivity index (χ2v) is 9.04. The van der Waals surface area contributed by atoms with Gasteiger partial charge in [0.05, 0.1) is 23.1 Å². The number of aryl methyl sites for hydroxylation is 2. The molecule has 5 aromatic rings. The smallest absolute Gasteiger partial charge is 0.270 e. The minimum Gasteiger partial charge on any atom is -0.270 e. The first-order valence-electron chi connectivity index (χ1n) is 11.6. The number of fused-ring (bicyclic) bond motifs is 1. The predicted molar refractivity (Wildman–Crippen MR) is 132 cm³/mol. The molecule has 6 nitrogen and oxygen atoms in total. The average Bonchev–Trinajstić information content (AvgIpc) is 3.35. The van der Waals surface area contributed by atoms with Crippen LogP contribution in [0.2, 0.25) is 0 Å². The minimum atomic E-state index is -4.67. The highest BCUT2D eigenvalue weighted by Crippen LogP contribution is 2.35. The lowest BCUT2D eigenvalue weighted by atomic mass is 10.0. The SMILES string of the molecule is Cc1nc2nc(-c3cccc(-c4cnn(C(C)C)c4)c3)nc(-c3ccc(C(F)(F)F)cc3F)c2nc1C. The molecule has 0 aliphatic rings. The Kier molecular flexibility index (Phi) is 5.97. The van der Waals surface area contributed by atoms with E-state index < -0.39 is 17.6 Å². The molecule has 0 radical (unpaired) electrons. The van der Waals surface area contributed by atoms with Crippen LogP contribution in [-0.2, 0) is 6.18 Å². The number of nitrogens with zero attached hydrogens (tertiary/aromatic N) is 6. The molecule has 0 atom stereocenters. The summed E-state index contributed by atoms with van der Waals surface area (Å²) < 4.78 is 56.3. The van der Waals surface area contributed by atoms with Gasteiger partial charge in [0.15, 0.2) is 11.5 Å². The van der Waals surface area contributed by atoms with Crippen molar-refractivity contribution in [2.45, 2.75) is 39.9 Å². The summed E-state index contributed by atoms with van der Waals surface area (Å²) in [6.07, 6.45) is -0.970. The van der Waals surface area contributed by atoms with Crippen LogP contribution in [0.4, 0.5) is 17.6 Å². The first-order chi connectivity index (χ1) is 17.5. The fourth-order valence-electron chi connectivity index (χ4n) is 3.92. The summed E-state index contributed by atoms with van der Waals surface area (Å²) in [5, 5.41) is 4.39. The summed E-state index contributed by atoms with van der Waals surface area (Å²) in [6, 6.07) is 10.0. The zero-order chi connectivity index (χ0) is 26.5. The van der Waals surface area contributed by atoms with Crippen LogP contribution in [0, 0.1) is 19.7 Å². The molecule has 0 amide bonds. The molecule has 2 aromatic carbocycles. The van der Waals surface area contributed by atoms with Crippen LogP contribution in [0.3, 0.4) is 0 Å². The van der Waals surface area contributed by atoms with E-state index in [0.717, 1.165) is 23.3 Å². The van der Waals surface area contributed by atoms with Gasteiger partial charge in [0.1, 0.15) is 17.0 Å². The van der Waals surface area contributed by atoms with Crippen LogP contribution >= 0.6 is 0 Å². The molecule has 0 fully saturated rings. The van der Waals surface area contributed by atoms with Crippen LogP contribution in [0.15, 0.2) is 54.9 Å². The number of aromatic nitrogens is 6. The summed E-state index contributed by atoms with van der Waals surface area (Å²) >= 11 is 0. The van der Waals surface area contributed by atoms with Crippen molar-refractivity contribution in [3.8, 4) is 33.8 Å². The lowest BCUT2D eigenvalue weighted by Crippen LogP contribution is -2.06. The molecule has 10 heteroatoms. The first kappa shape index (κ1) is 24.5. The third kappa shape index (κ3) is 4.66. The maximum Gasteiger partial charge on any atom is 0.416 e. The van der Waals surface area contributed by atoms with E-state index in [9.17, 15) is 13.2 Å². The number of benzene rings is 2. The van der Waals surface area contributed by atoms with Crippen molar-refractivity contribution in [2.24, 2.45) is 0 Å². The Labute approximate surface area is 210 Å². The van der Waals surface area contributed by atoms with Crippen molar-refractivity contribution in [3.05, 3.63) is 77.6 Å². The van der Waals surface area contributed by atoms with E-state index in [-0.39, 0.29) is 34.3 Å². The van der Waals surface area contributed by atoms with Crippen LogP contribution in [0.25, 0.3) is 44.9 Å². The Morgan fingerprint density at radius 1 is 0.838 bits per heavy atom. The molecule has 3 heterocycles. The van der Waals surface area contributed by atoms with Gasteiger partial charge < -0.3 is 0 Å². The maximum atomic E-state index is 15.0. The zero-order valence-electron chi connectivity index (χ0n) is 20.5. The Balaban J connectivity index is 1.69. The second kappa shape index (κ2) is 9.02. The highest BCUT2D eigenvalue weighted by atomic mass is 19.4. The number of alkyl halides is 3. The molecule has 37 heavy (non-hydrogen) atoms. The monoisotopic (exact) mass is 506 g/mol. The molecule has 0 spiro atoms. The van der Waals surface area contributed by atoms with Crippen molar-refractivity contribution in [2.75, 3.05) is 0 Å². The van der Waals surface area contributed by atoms with Gasteiger partial charge in [-0.05, 0) is 57.5 Å². The summed E-state index contributed by atoms with van der Waals surface area (Å²) in [4.78, 5) is 18.2. The minimum absolute atomic E-state index is 0.0693. The van der Waals surface area contributed by atoms with Gasteiger partial charge in [0.25, 0.3) is 0 Å². The van der Waals surface area contributed by atoms with Crippen molar-refractivity contribution in [3.63, 3.8) is 0 Å². The third-order valence-electron chi connectivity index (χ3n) is 6.08. The molecular formula is C27H22F4N6. The lowest BCUT2D eigenvalue weighted by molar-refractivity contribution is -0.137.